The topological polar surface area (TPSA) is 107 Å². The molecule has 2 heterocycles. The van der Waals surface area contributed by atoms with Gasteiger partial charge >= 0.3 is 0 Å². The smallest absolute Gasteiger partial charge is 0.248 e. The van der Waals surface area contributed by atoms with E-state index in [0.717, 1.165) is 17.4 Å². The zero-order chi connectivity index (χ0) is 27.8. The van der Waals surface area contributed by atoms with E-state index in [1.54, 1.807) is 71.5 Å². The predicted molar refractivity (Wildman–Crippen MR) is 145 cm³/mol. The van der Waals surface area contributed by atoms with E-state index in [9.17, 15) is 21.2 Å². The molecule has 0 N–H and O–H groups in total. The van der Waals surface area contributed by atoms with E-state index in [2.05, 4.69) is 10.3 Å². The number of nitrogens with zero attached hydrogens (tertiary/aromatic N) is 5. The molecule has 5 rings (SSSR count). The van der Waals surface area contributed by atoms with Gasteiger partial charge in [0.05, 0.1) is 41.6 Å². The maximum atomic E-state index is 13.5. The van der Waals surface area contributed by atoms with Crippen LogP contribution in [-0.2, 0) is 39.7 Å². The highest BCUT2D eigenvalue weighted by Crippen LogP contribution is 2.28. The van der Waals surface area contributed by atoms with Crippen LogP contribution in [0.1, 0.15) is 22.4 Å². The lowest BCUT2D eigenvalue weighted by Gasteiger charge is -2.18. The molecule has 3 aromatic carbocycles. The Balaban J connectivity index is 1.45. The van der Waals surface area contributed by atoms with Gasteiger partial charge in [0.25, 0.3) is 10.0 Å². The monoisotopic (exact) mass is 567 g/mol. The molecule has 0 aliphatic heterocycles. The van der Waals surface area contributed by atoms with Gasteiger partial charge in [0, 0.05) is 18.1 Å². The van der Waals surface area contributed by atoms with Gasteiger partial charge in [-0.15, -0.1) is 5.10 Å². The lowest BCUT2D eigenvalue weighted by molar-refractivity contribution is 0.401. The van der Waals surface area contributed by atoms with E-state index < -0.39 is 20.0 Å². The maximum absolute atomic E-state index is 13.5. The second kappa shape index (κ2) is 10.4. The van der Waals surface area contributed by atoms with Crippen molar-refractivity contribution in [1.82, 2.24) is 23.3 Å². The summed E-state index contributed by atoms with van der Waals surface area (Å²) in [6.07, 6.45) is 4.20. The Morgan fingerprint density at radius 2 is 1.56 bits per heavy atom. The van der Waals surface area contributed by atoms with Crippen molar-refractivity contribution < 1.29 is 21.2 Å². The highest BCUT2D eigenvalue weighted by molar-refractivity contribution is 7.90. The number of rotatable bonds is 9. The average Bonchev–Trinajstić information content (AvgIpc) is 3.49. The Bertz CT molecular complexity index is 1850. The molecule has 12 heteroatoms. The molecule has 0 unspecified atom stereocenters. The van der Waals surface area contributed by atoms with E-state index >= 15 is 0 Å². The molecule has 0 spiro atoms. The van der Waals surface area contributed by atoms with Crippen LogP contribution in [0.25, 0.3) is 10.9 Å². The lowest BCUT2D eigenvalue weighted by atomic mass is 10.2. The Hall–Kier alpha value is -3.87. The molecule has 9 nitrogen and oxygen atoms in total. The number of sulfonamides is 1. The molecular formula is C27H26FN5O4S2. The normalized spacial score (nSPS) is 12.4. The number of para-hydroxylation sites is 1. The van der Waals surface area contributed by atoms with Crippen LogP contribution in [0.15, 0.2) is 90.1 Å². The quantitative estimate of drug-likeness (QED) is 0.267. The maximum Gasteiger partial charge on any atom is 0.268 e. The minimum absolute atomic E-state index is 0.0630. The van der Waals surface area contributed by atoms with Crippen LogP contribution >= 0.6 is 0 Å². The number of aryl methyl sites for hydroxylation is 1. The fourth-order valence-electron chi connectivity index (χ4n) is 4.29. The van der Waals surface area contributed by atoms with Crippen molar-refractivity contribution in [2.45, 2.75) is 31.5 Å². The summed E-state index contributed by atoms with van der Waals surface area (Å²) in [7, 11) is -7.63. The van der Waals surface area contributed by atoms with Gasteiger partial charge in [-0.05, 0) is 48.4 Å². The van der Waals surface area contributed by atoms with E-state index in [4.69, 9.17) is 0 Å². The van der Waals surface area contributed by atoms with Crippen molar-refractivity contribution in [3.63, 3.8) is 0 Å². The molecule has 0 atom stereocenters. The molecule has 2 aromatic heterocycles. The van der Waals surface area contributed by atoms with Gasteiger partial charge in [-0.3, -0.25) is 0 Å². The van der Waals surface area contributed by atoms with Crippen LogP contribution in [-0.4, -0.2) is 46.4 Å². The van der Waals surface area contributed by atoms with Crippen LogP contribution in [0.2, 0.25) is 0 Å². The molecule has 202 valence electrons. The predicted octanol–water partition coefficient (Wildman–Crippen LogP) is 3.93. The molecular weight excluding hydrogens is 541 g/mol. The van der Waals surface area contributed by atoms with Crippen molar-refractivity contribution in [3.8, 4) is 0 Å². The summed E-state index contributed by atoms with van der Waals surface area (Å²) in [4.78, 5) is 0.137. The zero-order valence-corrected chi connectivity index (χ0v) is 22.9. The zero-order valence-electron chi connectivity index (χ0n) is 21.3. The molecule has 0 saturated carbocycles. The number of halogens is 1. The number of aromatic nitrogens is 4. The standard InChI is InChI=1S/C27H26FN5O4S2/c1-20-7-13-25(14-8-20)39(36,37)33-17-22(26-5-3-4-6-27(26)33)16-32(38(2,34)35)19-24-18-31(30-29-24)15-21-9-11-23(28)12-10-21/h3-14,17-18H,15-16,19H2,1-2H3. The first-order chi connectivity index (χ1) is 18.5. The first-order valence-electron chi connectivity index (χ1n) is 12.0. The van der Waals surface area contributed by atoms with Crippen molar-refractivity contribution in [3.05, 3.63) is 113 Å². The third-order valence-corrected chi connectivity index (χ3v) is 9.22. The fraction of sp³-hybridized carbons (Fsp3) is 0.185. The highest BCUT2D eigenvalue weighted by atomic mass is 32.2. The van der Waals surface area contributed by atoms with Gasteiger partial charge in [-0.1, -0.05) is 53.2 Å². The first kappa shape index (κ1) is 26.7. The SMILES string of the molecule is Cc1ccc(S(=O)(=O)n2cc(CN(Cc3cn(Cc4ccc(F)cc4)nn3)S(C)(=O)=O)c3ccccc32)cc1. The van der Waals surface area contributed by atoms with Crippen molar-refractivity contribution in [1.29, 1.82) is 0 Å². The summed E-state index contributed by atoms with van der Waals surface area (Å²) < 4.78 is 69.7. The highest BCUT2D eigenvalue weighted by Gasteiger charge is 2.25. The Kier molecular flexibility index (Phi) is 7.10. The van der Waals surface area contributed by atoms with Gasteiger partial charge < -0.3 is 0 Å². The van der Waals surface area contributed by atoms with Crippen molar-refractivity contribution in [2.75, 3.05) is 6.26 Å². The third-order valence-electron chi connectivity index (χ3n) is 6.34. The Morgan fingerprint density at radius 3 is 2.26 bits per heavy atom. The summed E-state index contributed by atoms with van der Waals surface area (Å²) in [6.45, 7) is 2.09. The van der Waals surface area contributed by atoms with Crippen LogP contribution < -0.4 is 0 Å². The van der Waals surface area contributed by atoms with E-state index in [1.165, 1.54) is 26.6 Å². The number of fused-ring (bicyclic) bond motifs is 1. The molecule has 0 radical (unpaired) electrons. The van der Waals surface area contributed by atoms with Crippen molar-refractivity contribution in [2.24, 2.45) is 0 Å². The second-order valence-corrected chi connectivity index (χ2v) is 13.1. The first-order valence-corrected chi connectivity index (χ1v) is 15.3. The van der Waals surface area contributed by atoms with Crippen LogP contribution in [0.3, 0.4) is 0 Å². The third kappa shape index (κ3) is 5.77. The molecule has 39 heavy (non-hydrogen) atoms. The number of hydrogen-bond acceptors (Lipinski definition) is 6. The second-order valence-electron chi connectivity index (χ2n) is 9.35. The minimum Gasteiger partial charge on any atom is -0.248 e. The summed E-state index contributed by atoms with van der Waals surface area (Å²) >= 11 is 0. The average molecular weight is 568 g/mol. The van der Waals surface area contributed by atoms with Crippen LogP contribution in [0.5, 0.6) is 0 Å². The van der Waals surface area contributed by atoms with E-state index in [-0.39, 0.29) is 23.8 Å². The molecule has 0 aliphatic rings. The summed E-state index contributed by atoms with van der Waals surface area (Å²) in [5, 5.41) is 8.81. The molecule has 0 aliphatic carbocycles. The largest absolute Gasteiger partial charge is 0.268 e. The molecule has 0 bridgehead atoms. The van der Waals surface area contributed by atoms with Gasteiger partial charge in [-0.25, -0.2) is 29.9 Å². The summed E-state index contributed by atoms with van der Waals surface area (Å²) in [5.74, 6) is -0.338. The summed E-state index contributed by atoms with van der Waals surface area (Å²) in [6, 6.07) is 19.5. The van der Waals surface area contributed by atoms with Crippen LogP contribution in [0.4, 0.5) is 4.39 Å². The van der Waals surface area contributed by atoms with Gasteiger partial charge in [0.2, 0.25) is 10.0 Å². The summed E-state index contributed by atoms with van der Waals surface area (Å²) in [5.41, 5.74) is 3.15. The Morgan fingerprint density at radius 1 is 0.872 bits per heavy atom. The van der Waals surface area contributed by atoms with Gasteiger partial charge in [0.15, 0.2) is 0 Å². The van der Waals surface area contributed by atoms with Gasteiger partial charge in [0.1, 0.15) is 5.82 Å². The van der Waals surface area contributed by atoms with Crippen LogP contribution in [0, 0.1) is 12.7 Å². The van der Waals surface area contributed by atoms with E-state index in [0.29, 0.717) is 28.7 Å². The lowest BCUT2D eigenvalue weighted by Crippen LogP contribution is -2.29. The Labute approximate surface area is 226 Å². The molecule has 0 saturated heterocycles. The van der Waals surface area contributed by atoms with Gasteiger partial charge in [-0.2, -0.15) is 4.31 Å². The van der Waals surface area contributed by atoms with E-state index in [1.807, 2.05) is 6.92 Å². The van der Waals surface area contributed by atoms with Crippen molar-refractivity contribution >= 4 is 30.9 Å². The number of benzene rings is 3. The molecule has 5 aromatic rings. The fourth-order valence-corrected chi connectivity index (χ4v) is 6.42. The molecule has 0 amide bonds. The minimum atomic E-state index is -3.92. The number of hydrogen-bond donors (Lipinski definition) is 0. The molecule has 0 fully saturated rings.